The fraction of sp³-hybridized carbons (Fsp3) is 0.286. The number of piperidine rings is 1. The van der Waals surface area contributed by atoms with Crippen molar-refractivity contribution in [3.8, 4) is 0 Å². The Morgan fingerprint density at radius 3 is 2.87 bits per heavy atom. The second-order valence-electron chi connectivity index (χ2n) is 7.56. The third kappa shape index (κ3) is 3.72. The van der Waals surface area contributed by atoms with E-state index in [1.807, 2.05) is 0 Å². The van der Waals surface area contributed by atoms with Crippen LogP contribution in [0.2, 0.25) is 0 Å². The topological polar surface area (TPSA) is 110 Å². The molecule has 4 aromatic rings. The molecule has 1 saturated heterocycles. The van der Waals surface area contributed by atoms with Crippen molar-refractivity contribution >= 4 is 17.1 Å². The van der Waals surface area contributed by atoms with Gasteiger partial charge in [0.1, 0.15) is 11.6 Å². The minimum absolute atomic E-state index is 0.126. The van der Waals surface area contributed by atoms with Crippen LogP contribution in [0.25, 0.3) is 11.2 Å². The Kier molecular flexibility index (Phi) is 4.81. The Hall–Kier alpha value is -3.82. The molecule has 1 fully saturated rings. The Morgan fingerprint density at radius 1 is 1.26 bits per heavy atom. The molecule has 3 aromatic heterocycles. The molecule has 0 spiro atoms. The van der Waals surface area contributed by atoms with Crippen molar-refractivity contribution in [3.63, 3.8) is 0 Å². The third-order valence-electron chi connectivity index (χ3n) is 5.46. The summed E-state index contributed by atoms with van der Waals surface area (Å²) in [6, 6.07) is 9.35. The Balaban J connectivity index is 1.43. The van der Waals surface area contributed by atoms with Crippen molar-refractivity contribution in [2.75, 3.05) is 13.1 Å². The highest BCUT2D eigenvalue weighted by Crippen LogP contribution is 2.26. The first-order valence-electron chi connectivity index (χ1n) is 9.99. The molecule has 10 heteroatoms. The first-order valence-corrected chi connectivity index (χ1v) is 9.99. The summed E-state index contributed by atoms with van der Waals surface area (Å²) < 4.78 is 19.9. The molecule has 0 bridgehead atoms. The number of aromatic nitrogens is 5. The minimum Gasteiger partial charge on any atom is -0.459 e. The van der Waals surface area contributed by atoms with E-state index in [2.05, 4.69) is 20.3 Å². The number of hydrogen-bond acceptors (Lipinski definition) is 6. The van der Waals surface area contributed by atoms with E-state index in [0.29, 0.717) is 36.9 Å². The second kappa shape index (κ2) is 7.78. The quantitative estimate of drug-likeness (QED) is 0.541. The molecule has 9 nitrogen and oxygen atoms in total. The van der Waals surface area contributed by atoms with Crippen molar-refractivity contribution in [2.45, 2.75) is 25.3 Å². The van der Waals surface area contributed by atoms with E-state index in [9.17, 15) is 14.0 Å². The average molecular weight is 422 g/mol. The molecule has 0 aliphatic carbocycles. The fourth-order valence-electron chi connectivity index (χ4n) is 3.89. The van der Waals surface area contributed by atoms with Crippen molar-refractivity contribution in [1.82, 2.24) is 29.9 Å². The van der Waals surface area contributed by atoms with Gasteiger partial charge in [0.05, 0.1) is 12.8 Å². The number of nitrogens with zero attached hydrogens (tertiary/aromatic N) is 5. The molecular formula is C21H19FN6O3. The summed E-state index contributed by atoms with van der Waals surface area (Å²) in [7, 11) is 0. The number of amides is 1. The Bertz CT molecular complexity index is 1280. The molecule has 158 valence electrons. The molecular weight excluding hydrogens is 403 g/mol. The number of H-pyrrole nitrogens is 1. The normalized spacial score (nSPS) is 16.7. The molecule has 4 heterocycles. The zero-order valence-corrected chi connectivity index (χ0v) is 16.5. The fourth-order valence-corrected chi connectivity index (χ4v) is 3.89. The summed E-state index contributed by atoms with van der Waals surface area (Å²) >= 11 is 0. The molecule has 1 atom stereocenters. The zero-order valence-electron chi connectivity index (χ0n) is 16.5. The lowest BCUT2D eigenvalue weighted by Crippen LogP contribution is -2.39. The van der Waals surface area contributed by atoms with Gasteiger partial charge >= 0.3 is 0 Å². The number of benzene rings is 1. The maximum Gasteiger partial charge on any atom is 0.289 e. The lowest BCUT2D eigenvalue weighted by Gasteiger charge is -2.31. The highest BCUT2D eigenvalue weighted by atomic mass is 19.1. The van der Waals surface area contributed by atoms with Crippen LogP contribution >= 0.6 is 0 Å². The number of carbonyl (C=O) groups excluding carboxylic acids is 1. The molecule has 0 saturated carbocycles. The van der Waals surface area contributed by atoms with Crippen LogP contribution in [0.4, 0.5) is 4.39 Å². The smallest absolute Gasteiger partial charge is 0.289 e. The first-order chi connectivity index (χ1) is 15.1. The predicted molar refractivity (Wildman–Crippen MR) is 108 cm³/mol. The predicted octanol–water partition coefficient (Wildman–Crippen LogP) is 2.31. The number of furan rings is 1. The Labute approximate surface area is 175 Å². The van der Waals surface area contributed by atoms with E-state index in [-0.39, 0.29) is 28.7 Å². The van der Waals surface area contributed by atoms with Gasteiger partial charge in [0.15, 0.2) is 16.9 Å². The molecule has 1 aliphatic heterocycles. The number of hydrogen-bond donors (Lipinski definition) is 1. The number of likely N-dealkylation sites (tertiary alicyclic amines) is 1. The zero-order chi connectivity index (χ0) is 21.4. The van der Waals surface area contributed by atoms with E-state index in [4.69, 9.17) is 4.42 Å². The van der Waals surface area contributed by atoms with Crippen LogP contribution in [0.3, 0.4) is 0 Å². The molecule has 31 heavy (non-hydrogen) atoms. The SMILES string of the molecule is O=C(c1ccco1)N1CCCC(c2nc3c(nnn3Cc3ccc(F)cc3)c(=O)[nH]2)C1. The van der Waals surface area contributed by atoms with Crippen LogP contribution in [0.15, 0.2) is 51.9 Å². The number of fused-ring (bicyclic) bond motifs is 1. The van der Waals surface area contributed by atoms with E-state index < -0.39 is 0 Å². The van der Waals surface area contributed by atoms with Gasteiger partial charge in [-0.1, -0.05) is 17.3 Å². The van der Waals surface area contributed by atoms with Crippen molar-refractivity contribution in [2.24, 2.45) is 0 Å². The third-order valence-corrected chi connectivity index (χ3v) is 5.46. The summed E-state index contributed by atoms with van der Waals surface area (Å²) in [6.45, 7) is 1.35. The van der Waals surface area contributed by atoms with E-state index >= 15 is 0 Å². The average Bonchev–Trinajstić information content (AvgIpc) is 3.46. The molecule has 1 unspecified atom stereocenters. The monoisotopic (exact) mass is 422 g/mol. The Morgan fingerprint density at radius 2 is 2.10 bits per heavy atom. The van der Waals surface area contributed by atoms with Crippen LogP contribution in [0.5, 0.6) is 0 Å². The standard InChI is InChI=1S/C21H19FN6O3/c22-15-7-5-13(6-8-15)11-28-19-17(25-26-28)20(29)24-18(23-19)14-3-1-9-27(12-14)21(30)16-4-2-10-31-16/h2,4-8,10,14H,1,3,9,11-12H2,(H,23,24,29). The highest BCUT2D eigenvalue weighted by molar-refractivity contribution is 5.91. The number of halogens is 1. The van der Waals surface area contributed by atoms with Gasteiger partial charge in [0.25, 0.3) is 11.5 Å². The van der Waals surface area contributed by atoms with E-state index in [1.165, 1.54) is 23.1 Å². The van der Waals surface area contributed by atoms with Gasteiger partial charge in [-0.05, 0) is 42.7 Å². The summed E-state index contributed by atoms with van der Waals surface area (Å²) in [6.07, 6.45) is 3.04. The van der Waals surface area contributed by atoms with Crippen LogP contribution in [0, 0.1) is 5.82 Å². The molecule has 0 radical (unpaired) electrons. The lowest BCUT2D eigenvalue weighted by atomic mass is 9.97. The molecule has 1 aromatic carbocycles. The van der Waals surface area contributed by atoms with Gasteiger partial charge < -0.3 is 14.3 Å². The van der Waals surface area contributed by atoms with Gasteiger partial charge in [-0.2, -0.15) is 0 Å². The second-order valence-corrected chi connectivity index (χ2v) is 7.56. The van der Waals surface area contributed by atoms with E-state index in [1.54, 1.807) is 29.2 Å². The molecule has 1 amide bonds. The van der Waals surface area contributed by atoms with E-state index in [0.717, 1.165) is 18.4 Å². The summed E-state index contributed by atoms with van der Waals surface area (Å²) in [5.41, 5.74) is 0.937. The number of nitrogens with one attached hydrogen (secondary N) is 1. The minimum atomic E-state index is -0.375. The van der Waals surface area contributed by atoms with Gasteiger partial charge in [-0.25, -0.2) is 14.1 Å². The van der Waals surface area contributed by atoms with Crippen molar-refractivity contribution in [3.05, 3.63) is 76.0 Å². The number of aromatic amines is 1. The van der Waals surface area contributed by atoms with Gasteiger partial charge in [0, 0.05) is 19.0 Å². The lowest BCUT2D eigenvalue weighted by molar-refractivity contribution is 0.0672. The molecule has 1 aliphatic rings. The van der Waals surface area contributed by atoms with Crippen molar-refractivity contribution < 1.29 is 13.6 Å². The van der Waals surface area contributed by atoms with Gasteiger partial charge in [-0.3, -0.25) is 9.59 Å². The largest absolute Gasteiger partial charge is 0.459 e. The molecule has 5 rings (SSSR count). The molecule has 1 N–H and O–H groups in total. The van der Waals surface area contributed by atoms with Crippen LogP contribution < -0.4 is 5.56 Å². The van der Waals surface area contributed by atoms with Crippen LogP contribution in [0.1, 0.15) is 40.7 Å². The van der Waals surface area contributed by atoms with Crippen LogP contribution in [-0.4, -0.2) is 48.9 Å². The van der Waals surface area contributed by atoms with Gasteiger partial charge in [-0.15, -0.1) is 5.10 Å². The summed E-state index contributed by atoms with van der Waals surface area (Å²) in [5, 5.41) is 8.00. The van der Waals surface area contributed by atoms with Crippen LogP contribution in [-0.2, 0) is 6.54 Å². The first kappa shape index (κ1) is 19.2. The number of rotatable bonds is 4. The summed E-state index contributed by atoms with van der Waals surface area (Å²) in [4.78, 5) is 34.4. The number of carbonyl (C=O) groups is 1. The summed E-state index contributed by atoms with van der Waals surface area (Å²) in [5.74, 6) is 0.159. The van der Waals surface area contributed by atoms with Crippen molar-refractivity contribution in [1.29, 1.82) is 0 Å². The maximum atomic E-state index is 13.2. The maximum absolute atomic E-state index is 13.2. The highest BCUT2D eigenvalue weighted by Gasteiger charge is 2.29. The van der Waals surface area contributed by atoms with Gasteiger partial charge in [0.2, 0.25) is 0 Å².